The van der Waals surface area contributed by atoms with Crippen molar-refractivity contribution in [3.8, 4) is 11.5 Å². The van der Waals surface area contributed by atoms with Crippen molar-refractivity contribution in [3.05, 3.63) is 23.8 Å². The average Bonchev–Trinajstić information content (AvgIpc) is 2.75. The van der Waals surface area contributed by atoms with E-state index in [1.807, 2.05) is 17.8 Å². The van der Waals surface area contributed by atoms with Crippen LogP contribution in [0.4, 0.5) is 0 Å². The number of hydrogen-bond donors (Lipinski definition) is 1. The van der Waals surface area contributed by atoms with E-state index in [0.29, 0.717) is 23.8 Å². The van der Waals surface area contributed by atoms with E-state index in [-0.39, 0.29) is 0 Å². The Morgan fingerprint density at radius 3 is 2.81 bits per heavy atom. The van der Waals surface area contributed by atoms with Gasteiger partial charge in [0.25, 0.3) is 0 Å². The zero-order chi connectivity index (χ0) is 11.0. The Kier molecular flexibility index (Phi) is 2.69. The fourth-order valence-corrected chi connectivity index (χ4v) is 3.17. The van der Waals surface area contributed by atoms with E-state index >= 15 is 0 Å². The van der Waals surface area contributed by atoms with Gasteiger partial charge in [-0.25, -0.2) is 0 Å². The molecule has 3 rings (SSSR count). The van der Waals surface area contributed by atoms with Crippen LogP contribution >= 0.6 is 11.8 Å². The van der Waals surface area contributed by atoms with Crippen LogP contribution in [0, 0.1) is 0 Å². The largest absolute Gasteiger partial charge is 0.486 e. The van der Waals surface area contributed by atoms with E-state index in [9.17, 15) is 0 Å². The van der Waals surface area contributed by atoms with Crippen molar-refractivity contribution >= 4 is 11.8 Å². The summed E-state index contributed by atoms with van der Waals surface area (Å²) in [5.41, 5.74) is 1.28. The third kappa shape index (κ3) is 1.87. The predicted molar refractivity (Wildman–Crippen MR) is 65.2 cm³/mol. The second-order valence-electron chi connectivity index (χ2n) is 4.14. The van der Waals surface area contributed by atoms with Gasteiger partial charge in [0, 0.05) is 11.8 Å². The van der Waals surface area contributed by atoms with Crippen LogP contribution in [-0.2, 0) is 0 Å². The van der Waals surface area contributed by atoms with Gasteiger partial charge >= 0.3 is 0 Å². The molecule has 2 aliphatic rings. The number of hydrogen-bond acceptors (Lipinski definition) is 4. The minimum Gasteiger partial charge on any atom is -0.486 e. The van der Waals surface area contributed by atoms with Crippen molar-refractivity contribution in [3.63, 3.8) is 0 Å². The molecule has 0 aliphatic carbocycles. The zero-order valence-electron chi connectivity index (χ0n) is 9.23. The van der Waals surface area contributed by atoms with E-state index < -0.39 is 0 Å². The minimum atomic E-state index is 0.394. The van der Waals surface area contributed by atoms with Gasteiger partial charge in [0.05, 0.1) is 5.37 Å². The first-order chi connectivity index (χ1) is 7.83. The van der Waals surface area contributed by atoms with Crippen LogP contribution in [-0.4, -0.2) is 25.0 Å². The Hall–Kier alpha value is -0.870. The van der Waals surface area contributed by atoms with E-state index in [2.05, 4.69) is 24.4 Å². The highest BCUT2D eigenvalue weighted by molar-refractivity contribution is 8.00. The molecule has 1 N–H and O–H groups in total. The molecule has 1 saturated heterocycles. The number of thioether (sulfide) groups is 1. The maximum absolute atomic E-state index is 5.59. The lowest BCUT2D eigenvalue weighted by Crippen LogP contribution is -2.17. The summed E-state index contributed by atoms with van der Waals surface area (Å²) in [6.07, 6.45) is 0. The molecule has 0 radical (unpaired) electrons. The third-order valence-electron chi connectivity index (χ3n) is 2.83. The number of nitrogens with one attached hydrogen (secondary N) is 1. The van der Waals surface area contributed by atoms with Gasteiger partial charge in [0.15, 0.2) is 11.5 Å². The van der Waals surface area contributed by atoms with Crippen molar-refractivity contribution in [1.29, 1.82) is 0 Å². The van der Waals surface area contributed by atoms with Crippen molar-refractivity contribution in [2.75, 3.05) is 19.8 Å². The summed E-state index contributed by atoms with van der Waals surface area (Å²) >= 11 is 1.96. The van der Waals surface area contributed by atoms with Crippen molar-refractivity contribution in [2.24, 2.45) is 0 Å². The fraction of sp³-hybridized carbons (Fsp3) is 0.500. The first-order valence-electron chi connectivity index (χ1n) is 5.61. The third-order valence-corrected chi connectivity index (χ3v) is 4.17. The second kappa shape index (κ2) is 4.18. The van der Waals surface area contributed by atoms with Gasteiger partial charge in [-0.05, 0) is 17.7 Å². The van der Waals surface area contributed by atoms with Crippen molar-refractivity contribution < 1.29 is 9.47 Å². The van der Waals surface area contributed by atoms with Crippen LogP contribution in [0.15, 0.2) is 18.2 Å². The summed E-state index contributed by atoms with van der Waals surface area (Å²) in [6.45, 7) is 4.62. The zero-order valence-corrected chi connectivity index (χ0v) is 10.0. The molecule has 2 aliphatic heterocycles. The smallest absolute Gasteiger partial charge is 0.161 e. The van der Waals surface area contributed by atoms with Gasteiger partial charge < -0.3 is 14.8 Å². The number of fused-ring (bicyclic) bond motifs is 1. The van der Waals surface area contributed by atoms with E-state index in [1.165, 1.54) is 5.56 Å². The summed E-state index contributed by atoms with van der Waals surface area (Å²) in [5, 5.41) is 4.57. The molecule has 1 fully saturated rings. The normalized spacial score (nSPS) is 28.1. The summed E-state index contributed by atoms with van der Waals surface area (Å²) < 4.78 is 11.1. The summed E-state index contributed by atoms with van der Waals surface area (Å²) in [6, 6.07) is 6.22. The molecule has 2 unspecified atom stereocenters. The predicted octanol–water partition coefficient (Wildman–Crippen LogP) is 2.18. The lowest BCUT2D eigenvalue weighted by Gasteiger charge is -2.20. The van der Waals surface area contributed by atoms with E-state index in [1.54, 1.807) is 0 Å². The highest BCUT2D eigenvalue weighted by atomic mass is 32.2. The lowest BCUT2D eigenvalue weighted by atomic mass is 10.2. The Balaban J connectivity index is 1.85. The molecule has 3 nitrogen and oxygen atoms in total. The Bertz CT molecular complexity index is 397. The molecule has 0 aromatic heterocycles. The summed E-state index contributed by atoms with van der Waals surface area (Å²) in [7, 11) is 0. The quantitative estimate of drug-likeness (QED) is 0.811. The fourth-order valence-electron chi connectivity index (χ4n) is 2.02. The van der Waals surface area contributed by atoms with Crippen molar-refractivity contribution in [2.45, 2.75) is 17.5 Å². The monoisotopic (exact) mass is 237 g/mol. The SMILES string of the molecule is CC1CNC(c2ccc3c(c2)OCCO3)S1. The molecule has 0 spiro atoms. The number of benzene rings is 1. The molecule has 1 aromatic carbocycles. The van der Waals surface area contributed by atoms with Crippen LogP contribution in [0.3, 0.4) is 0 Å². The lowest BCUT2D eigenvalue weighted by molar-refractivity contribution is 0.171. The minimum absolute atomic E-state index is 0.394. The average molecular weight is 237 g/mol. The standard InChI is InChI=1S/C12H15NO2S/c1-8-7-13-12(16-8)9-2-3-10-11(6-9)15-5-4-14-10/h2-3,6,8,12-13H,4-5,7H2,1H3. The van der Waals surface area contributed by atoms with Crippen molar-refractivity contribution in [1.82, 2.24) is 5.32 Å². The Labute approximate surface area is 99.5 Å². The number of ether oxygens (including phenoxy) is 2. The highest BCUT2D eigenvalue weighted by Crippen LogP contribution is 2.39. The highest BCUT2D eigenvalue weighted by Gasteiger charge is 2.24. The van der Waals surface area contributed by atoms with Gasteiger partial charge in [-0.3, -0.25) is 0 Å². The maximum atomic E-state index is 5.59. The molecule has 0 bridgehead atoms. The Morgan fingerprint density at radius 1 is 1.25 bits per heavy atom. The van der Waals surface area contributed by atoms with Gasteiger partial charge in [-0.15, -0.1) is 11.8 Å². The van der Waals surface area contributed by atoms with Crippen LogP contribution < -0.4 is 14.8 Å². The van der Waals surface area contributed by atoms with E-state index in [4.69, 9.17) is 9.47 Å². The Morgan fingerprint density at radius 2 is 2.06 bits per heavy atom. The number of rotatable bonds is 1. The first kappa shape index (κ1) is 10.3. The molecule has 2 atom stereocenters. The van der Waals surface area contributed by atoms with Crippen LogP contribution in [0.5, 0.6) is 11.5 Å². The van der Waals surface area contributed by atoms with Crippen LogP contribution in [0.1, 0.15) is 17.9 Å². The molecule has 86 valence electrons. The molecule has 4 heteroatoms. The van der Waals surface area contributed by atoms with Crippen LogP contribution in [0.25, 0.3) is 0 Å². The molecule has 0 saturated carbocycles. The molecule has 16 heavy (non-hydrogen) atoms. The molecule has 2 heterocycles. The van der Waals surface area contributed by atoms with Crippen LogP contribution in [0.2, 0.25) is 0 Å². The van der Waals surface area contributed by atoms with Gasteiger partial charge in [0.1, 0.15) is 13.2 Å². The molecule has 1 aromatic rings. The van der Waals surface area contributed by atoms with E-state index in [0.717, 1.165) is 18.0 Å². The van der Waals surface area contributed by atoms with Gasteiger partial charge in [-0.1, -0.05) is 13.0 Å². The maximum Gasteiger partial charge on any atom is 0.161 e. The van der Waals surface area contributed by atoms with Gasteiger partial charge in [0.2, 0.25) is 0 Å². The molecular weight excluding hydrogens is 222 g/mol. The first-order valence-corrected chi connectivity index (χ1v) is 6.55. The second-order valence-corrected chi connectivity index (χ2v) is 5.69. The summed E-state index contributed by atoms with van der Waals surface area (Å²) in [5.74, 6) is 1.75. The molecular formula is C12H15NO2S. The summed E-state index contributed by atoms with van der Waals surface area (Å²) in [4.78, 5) is 0. The van der Waals surface area contributed by atoms with Gasteiger partial charge in [-0.2, -0.15) is 0 Å². The molecule has 0 amide bonds. The topological polar surface area (TPSA) is 30.5 Å².